The molecule has 1 atom stereocenters. The molecule has 2 heteroatoms. The van der Waals surface area contributed by atoms with E-state index in [2.05, 4.69) is 13.5 Å². The summed E-state index contributed by atoms with van der Waals surface area (Å²) in [7, 11) is 0. The van der Waals surface area contributed by atoms with E-state index in [-0.39, 0.29) is 0 Å². The first-order valence-corrected chi connectivity index (χ1v) is 6.62. The zero-order valence-corrected chi connectivity index (χ0v) is 11.5. The molecule has 0 aliphatic rings. The molecule has 1 N–H and O–H groups in total. The van der Waals surface area contributed by atoms with Gasteiger partial charge in [-0.25, -0.2) is 0 Å². The van der Waals surface area contributed by atoms with Crippen molar-refractivity contribution in [2.24, 2.45) is 0 Å². The highest BCUT2D eigenvalue weighted by molar-refractivity contribution is 5.89. The summed E-state index contributed by atoms with van der Waals surface area (Å²) in [6.45, 7) is 8.26. The summed E-state index contributed by atoms with van der Waals surface area (Å²) in [5, 5.41) is 12.0. The first-order valence-electron chi connectivity index (χ1n) is 6.62. The number of hydrogen-bond donors (Lipinski definition) is 1. The topological polar surface area (TPSA) is 29.5 Å². The van der Waals surface area contributed by atoms with Crippen LogP contribution in [-0.4, -0.2) is 11.7 Å². The first-order chi connectivity index (χ1) is 9.13. The molecule has 19 heavy (non-hydrogen) atoms. The van der Waals surface area contributed by atoms with E-state index >= 15 is 0 Å². The average Bonchev–Trinajstić information content (AvgIpc) is 2.43. The SMILES string of the molecule is C=C(CC)COc1c([C@H](C)O)ccc2ccccc12. The lowest BCUT2D eigenvalue weighted by atomic mass is 10.0. The number of hydrogen-bond acceptors (Lipinski definition) is 2. The third-order valence-electron chi connectivity index (χ3n) is 3.28. The molecular weight excluding hydrogens is 236 g/mol. The zero-order valence-electron chi connectivity index (χ0n) is 11.5. The molecule has 0 spiro atoms. The Morgan fingerprint density at radius 1 is 1.26 bits per heavy atom. The molecular formula is C17H20O2. The van der Waals surface area contributed by atoms with Crippen LogP contribution in [0.2, 0.25) is 0 Å². The van der Waals surface area contributed by atoms with Gasteiger partial charge in [0.05, 0.1) is 6.10 Å². The molecule has 0 amide bonds. The van der Waals surface area contributed by atoms with Gasteiger partial charge in [0.25, 0.3) is 0 Å². The third-order valence-corrected chi connectivity index (χ3v) is 3.28. The lowest BCUT2D eigenvalue weighted by Gasteiger charge is -2.16. The number of aliphatic hydroxyl groups excluding tert-OH is 1. The van der Waals surface area contributed by atoms with E-state index in [1.165, 1.54) is 0 Å². The number of aliphatic hydroxyl groups is 1. The van der Waals surface area contributed by atoms with Crippen molar-refractivity contribution in [3.05, 3.63) is 54.1 Å². The van der Waals surface area contributed by atoms with Gasteiger partial charge < -0.3 is 9.84 Å². The van der Waals surface area contributed by atoms with E-state index in [0.29, 0.717) is 6.61 Å². The van der Waals surface area contributed by atoms with Gasteiger partial charge in [0.1, 0.15) is 12.4 Å². The van der Waals surface area contributed by atoms with Crippen molar-refractivity contribution in [2.45, 2.75) is 26.4 Å². The molecule has 0 aromatic heterocycles. The number of fused-ring (bicyclic) bond motifs is 1. The van der Waals surface area contributed by atoms with Gasteiger partial charge in [0.2, 0.25) is 0 Å². The van der Waals surface area contributed by atoms with Crippen LogP contribution in [0.1, 0.15) is 31.9 Å². The maximum atomic E-state index is 9.88. The fourth-order valence-electron chi connectivity index (χ4n) is 2.03. The first kappa shape index (κ1) is 13.6. The predicted molar refractivity (Wildman–Crippen MR) is 79.5 cm³/mol. The van der Waals surface area contributed by atoms with Gasteiger partial charge in [-0.05, 0) is 24.3 Å². The minimum atomic E-state index is -0.547. The summed E-state index contributed by atoms with van der Waals surface area (Å²) in [6.07, 6.45) is 0.351. The van der Waals surface area contributed by atoms with Crippen LogP contribution in [0.3, 0.4) is 0 Å². The minimum absolute atomic E-state index is 0.490. The maximum absolute atomic E-state index is 9.88. The van der Waals surface area contributed by atoms with Gasteiger partial charge in [0.15, 0.2) is 0 Å². The standard InChI is InChI=1S/C17H20O2/c1-4-12(2)11-19-17-15(13(3)18)10-9-14-7-5-6-8-16(14)17/h5-10,13,18H,2,4,11H2,1,3H3/t13-/m0/s1. The second-order valence-electron chi connectivity index (χ2n) is 4.77. The minimum Gasteiger partial charge on any atom is -0.488 e. The smallest absolute Gasteiger partial charge is 0.133 e. The number of benzene rings is 2. The molecule has 0 aliphatic carbocycles. The fraction of sp³-hybridized carbons (Fsp3) is 0.294. The van der Waals surface area contributed by atoms with Crippen LogP contribution in [0.25, 0.3) is 10.8 Å². The van der Waals surface area contributed by atoms with Gasteiger partial charge in [-0.1, -0.05) is 49.9 Å². The van der Waals surface area contributed by atoms with Crippen LogP contribution < -0.4 is 4.74 Å². The van der Waals surface area contributed by atoms with Crippen molar-refractivity contribution in [1.29, 1.82) is 0 Å². The van der Waals surface area contributed by atoms with Crippen LogP contribution >= 0.6 is 0 Å². The van der Waals surface area contributed by atoms with Gasteiger partial charge in [-0.2, -0.15) is 0 Å². The molecule has 0 fully saturated rings. The fourth-order valence-corrected chi connectivity index (χ4v) is 2.03. The van der Waals surface area contributed by atoms with Gasteiger partial charge >= 0.3 is 0 Å². The van der Waals surface area contributed by atoms with Crippen LogP contribution in [0.5, 0.6) is 5.75 Å². The second-order valence-corrected chi connectivity index (χ2v) is 4.77. The molecule has 2 aromatic carbocycles. The van der Waals surface area contributed by atoms with E-state index in [0.717, 1.165) is 34.1 Å². The zero-order chi connectivity index (χ0) is 13.8. The molecule has 2 nitrogen and oxygen atoms in total. The summed E-state index contributed by atoms with van der Waals surface area (Å²) < 4.78 is 5.90. The van der Waals surface area contributed by atoms with E-state index in [1.54, 1.807) is 6.92 Å². The van der Waals surface area contributed by atoms with Gasteiger partial charge in [-0.3, -0.25) is 0 Å². The molecule has 0 saturated carbocycles. The van der Waals surface area contributed by atoms with Crippen molar-refractivity contribution in [2.75, 3.05) is 6.61 Å². The van der Waals surface area contributed by atoms with Gasteiger partial charge in [-0.15, -0.1) is 0 Å². The monoisotopic (exact) mass is 256 g/mol. The molecule has 2 aromatic rings. The van der Waals surface area contributed by atoms with Crippen LogP contribution in [0.4, 0.5) is 0 Å². The number of ether oxygens (including phenoxy) is 1. The van der Waals surface area contributed by atoms with Crippen molar-refractivity contribution in [3.63, 3.8) is 0 Å². The second kappa shape index (κ2) is 5.89. The third kappa shape index (κ3) is 2.96. The van der Waals surface area contributed by atoms with Crippen molar-refractivity contribution >= 4 is 10.8 Å². The normalized spacial score (nSPS) is 12.4. The summed E-state index contributed by atoms with van der Waals surface area (Å²) in [4.78, 5) is 0. The van der Waals surface area contributed by atoms with E-state index < -0.39 is 6.10 Å². The molecule has 0 radical (unpaired) electrons. The summed E-state index contributed by atoms with van der Waals surface area (Å²) >= 11 is 0. The highest BCUT2D eigenvalue weighted by Crippen LogP contribution is 2.33. The molecule has 0 bridgehead atoms. The van der Waals surface area contributed by atoms with Crippen LogP contribution in [0, 0.1) is 0 Å². The van der Waals surface area contributed by atoms with Crippen molar-refractivity contribution in [1.82, 2.24) is 0 Å². The van der Waals surface area contributed by atoms with Crippen LogP contribution in [-0.2, 0) is 0 Å². The number of rotatable bonds is 5. The molecule has 0 saturated heterocycles. The highest BCUT2D eigenvalue weighted by Gasteiger charge is 2.13. The predicted octanol–water partition coefficient (Wildman–Crippen LogP) is 4.24. The Bertz CT molecular complexity index is 585. The Morgan fingerprint density at radius 2 is 2.00 bits per heavy atom. The molecule has 2 rings (SSSR count). The highest BCUT2D eigenvalue weighted by atomic mass is 16.5. The van der Waals surface area contributed by atoms with Crippen molar-refractivity contribution < 1.29 is 9.84 Å². The summed E-state index contributed by atoms with van der Waals surface area (Å²) in [6, 6.07) is 12.0. The lowest BCUT2D eigenvalue weighted by Crippen LogP contribution is -2.04. The van der Waals surface area contributed by atoms with E-state index in [9.17, 15) is 5.11 Å². The molecule has 0 unspecified atom stereocenters. The average molecular weight is 256 g/mol. The van der Waals surface area contributed by atoms with Crippen molar-refractivity contribution in [3.8, 4) is 5.75 Å². The van der Waals surface area contributed by atoms with Gasteiger partial charge in [0, 0.05) is 10.9 Å². The summed E-state index contributed by atoms with van der Waals surface area (Å²) in [5.41, 5.74) is 1.87. The maximum Gasteiger partial charge on any atom is 0.133 e. The molecule has 0 aliphatic heterocycles. The Morgan fingerprint density at radius 3 is 2.68 bits per heavy atom. The summed E-state index contributed by atoms with van der Waals surface area (Å²) in [5.74, 6) is 0.766. The Balaban J connectivity index is 2.46. The van der Waals surface area contributed by atoms with Crippen LogP contribution in [0.15, 0.2) is 48.6 Å². The van der Waals surface area contributed by atoms with E-state index in [1.807, 2.05) is 36.4 Å². The van der Waals surface area contributed by atoms with E-state index in [4.69, 9.17) is 4.74 Å². The Kier molecular flexibility index (Phi) is 4.23. The molecule has 100 valence electrons. The quantitative estimate of drug-likeness (QED) is 0.811. The molecule has 0 heterocycles. The lowest BCUT2D eigenvalue weighted by molar-refractivity contribution is 0.193. The largest absolute Gasteiger partial charge is 0.488 e. The Hall–Kier alpha value is -1.80. The Labute approximate surface area is 114 Å².